The van der Waals surface area contributed by atoms with Crippen molar-refractivity contribution in [2.24, 2.45) is 11.5 Å². The first-order valence-corrected chi connectivity index (χ1v) is 15.6. The van der Waals surface area contributed by atoms with E-state index >= 15 is 0 Å². The number of hydrogen-bond acceptors (Lipinski definition) is 11. The Hall–Kier alpha value is -2.90. The predicted octanol–water partition coefficient (Wildman–Crippen LogP) is 4.05. The Balaban J connectivity index is 1.34. The van der Waals surface area contributed by atoms with Gasteiger partial charge in [0.05, 0.1) is 45.2 Å². The van der Waals surface area contributed by atoms with E-state index in [9.17, 15) is 9.59 Å². The highest BCUT2D eigenvalue weighted by molar-refractivity contribution is 7.28. The van der Waals surface area contributed by atoms with Crippen LogP contribution < -0.4 is 27.1 Å². The van der Waals surface area contributed by atoms with Crippen LogP contribution in [-0.2, 0) is 11.2 Å². The summed E-state index contributed by atoms with van der Waals surface area (Å²) in [5, 5.41) is 8.49. The van der Waals surface area contributed by atoms with Gasteiger partial charge in [-0.2, -0.15) is 4.37 Å². The van der Waals surface area contributed by atoms with Crippen molar-refractivity contribution >= 4 is 60.2 Å². The van der Waals surface area contributed by atoms with E-state index in [0.29, 0.717) is 19.6 Å². The van der Waals surface area contributed by atoms with Gasteiger partial charge in [0.15, 0.2) is 5.43 Å². The molecule has 4 aromatic rings. The van der Waals surface area contributed by atoms with Crippen molar-refractivity contribution in [3.63, 3.8) is 0 Å². The molecule has 2 fully saturated rings. The van der Waals surface area contributed by atoms with Gasteiger partial charge in [-0.25, -0.2) is 4.98 Å². The molecule has 0 bridgehead atoms. The fourth-order valence-corrected chi connectivity index (χ4v) is 8.38. The average molecular weight is 583 g/mol. The van der Waals surface area contributed by atoms with Crippen molar-refractivity contribution in [2.75, 3.05) is 36.5 Å². The van der Waals surface area contributed by atoms with Crippen molar-refractivity contribution in [3.8, 4) is 11.3 Å². The molecule has 2 atom stereocenters. The van der Waals surface area contributed by atoms with Gasteiger partial charge in [0, 0.05) is 54.0 Å². The lowest BCUT2D eigenvalue weighted by Crippen LogP contribution is -2.42. The Labute approximate surface area is 238 Å². The molecule has 0 radical (unpaired) electrons. The number of rotatable bonds is 7. The number of carbonyl (C=O) groups excluding carboxylic acids is 1. The number of nitrogens with zero attached hydrogens (tertiary/aromatic N) is 3. The Morgan fingerprint density at radius 3 is 2.74 bits per heavy atom. The number of carbonyl (C=O) groups is 1. The van der Waals surface area contributed by atoms with E-state index < -0.39 is 5.91 Å². The standard InChI is InChI=1S/C27H30N6O3S3/c28-19-3-1-2-4-20(19)31-17-10-15(24(27(29)35)30-12-17)9-16-13-38-32-23(16)18-14-37-26-21(34)11-22(39-25(18)26)33-5-7-36-8-6-33/h10-14,19-20,31H,1-9,28H2,(H2,29,35)/t19-,20+/m1/s1. The van der Waals surface area contributed by atoms with Crippen molar-refractivity contribution in [3.05, 3.63) is 56.1 Å². The Kier molecular flexibility index (Phi) is 7.63. The summed E-state index contributed by atoms with van der Waals surface area (Å²) in [6.45, 7) is 2.84. The molecule has 1 aliphatic carbocycles. The fraction of sp³-hybridized carbons (Fsp3) is 0.407. The van der Waals surface area contributed by atoms with Crippen LogP contribution in [0.25, 0.3) is 20.7 Å². The molecule has 5 heterocycles. The number of nitrogens with one attached hydrogen (secondary N) is 1. The average Bonchev–Trinajstić information content (AvgIpc) is 3.57. The first-order chi connectivity index (χ1) is 19.0. The van der Waals surface area contributed by atoms with Gasteiger partial charge in [-0.3, -0.25) is 9.59 Å². The van der Waals surface area contributed by atoms with Gasteiger partial charge in [0.1, 0.15) is 5.69 Å². The molecule has 1 amide bonds. The van der Waals surface area contributed by atoms with Crippen LogP contribution in [0.5, 0.6) is 0 Å². The van der Waals surface area contributed by atoms with E-state index in [0.717, 1.165) is 81.2 Å². The largest absolute Gasteiger partial charge is 0.379 e. The molecule has 12 heteroatoms. The topological polar surface area (TPSA) is 136 Å². The zero-order valence-corrected chi connectivity index (χ0v) is 23.8. The lowest BCUT2D eigenvalue weighted by atomic mass is 9.91. The van der Waals surface area contributed by atoms with Crippen LogP contribution in [0.1, 0.15) is 47.3 Å². The summed E-state index contributed by atoms with van der Waals surface area (Å²) in [5.41, 5.74) is 16.6. The van der Waals surface area contributed by atoms with Crippen LogP contribution in [0.2, 0.25) is 0 Å². The maximum Gasteiger partial charge on any atom is 0.267 e. The third-order valence-corrected chi connectivity index (χ3v) is 10.4. The Bertz CT molecular complexity index is 1560. The van der Waals surface area contributed by atoms with Gasteiger partial charge in [-0.15, -0.1) is 22.7 Å². The van der Waals surface area contributed by atoms with Gasteiger partial charge >= 0.3 is 0 Å². The first kappa shape index (κ1) is 26.3. The number of morpholine rings is 1. The summed E-state index contributed by atoms with van der Waals surface area (Å²) in [6.07, 6.45) is 6.40. The number of pyridine rings is 1. The lowest BCUT2D eigenvalue weighted by molar-refractivity contribution is 0.0994. The number of fused-ring (bicyclic) bond motifs is 1. The number of aromatic nitrogens is 2. The second-order valence-electron chi connectivity index (χ2n) is 10.0. The van der Waals surface area contributed by atoms with Gasteiger partial charge in [-0.1, -0.05) is 12.8 Å². The van der Waals surface area contributed by atoms with Crippen LogP contribution in [-0.4, -0.2) is 53.7 Å². The molecule has 0 spiro atoms. The van der Waals surface area contributed by atoms with Crippen LogP contribution >= 0.6 is 34.2 Å². The van der Waals surface area contributed by atoms with E-state index in [-0.39, 0.29) is 23.2 Å². The van der Waals surface area contributed by atoms with E-state index in [1.54, 1.807) is 23.6 Å². The minimum Gasteiger partial charge on any atom is -0.379 e. The van der Waals surface area contributed by atoms with Crippen LogP contribution in [0.15, 0.2) is 33.9 Å². The van der Waals surface area contributed by atoms with Gasteiger partial charge < -0.3 is 26.4 Å². The SMILES string of the molecule is NC(=O)c1ncc(N[C@H]2CCCC[C@H]2N)cc1Cc1csnc1-c1csc2c(=O)cc(N3CCOCC3)sc12. The number of hydrogen-bond donors (Lipinski definition) is 3. The highest BCUT2D eigenvalue weighted by atomic mass is 32.1. The summed E-state index contributed by atoms with van der Waals surface area (Å²) in [4.78, 5) is 31.9. The summed E-state index contributed by atoms with van der Waals surface area (Å²) < 4.78 is 11.9. The quantitative estimate of drug-likeness (QED) is 0.297. The molecule has 2 aliphatic rings. The molecule has 1 saturated carbocycles. The van der Waals surface area contributed by atoms with Crippen LogP contribution in [0.3, 0.4) is 0 Å². The number of ether oxygens (including phenoxy) is 1. The van der Waals surface area contributed by atoms with E-state index in [4.69, 9.17) is 20.6 Å². The molecule has 4 aromatic heterocycles. The van der Waals surface area contributed by atoms with Crippen molar-refractivity contribution in [1.29, 1.82) is 0 Å². The minimum absolute atomic E-state index is 0.0261. The van der Waals surface area contributed by atoms with Gasteiger partial charge in [0.2, 0.25) is 0 Å². The fourth-order valence-electron chi connectivity index (χ4n) is 5.34. The first-order valence-electron chi connectivity index (χ1n) is 13.1. The molecule has 39 heavy (non-hydrogen) atoms. The molecule has 1 saturated heterocycles. The summed E-state index contributed by atoms with van der Waals surface area (Å²) in [6, 6.07) is 3.96. The lowest BCUT2D eigenvalue weighted by Gasteiger charge is -2.30. The van der Waals surface area contributed by atoms with Gasteiger partial charge in [-0.05, 0) is 41.6 Å². The number of primary amides is 1. The second-order valence-corrected chi connectivity index (χ2v) is 12.6. The molecule has 0 aromatic carbocycles. The zero-order valence-electron chi connectivity index (χ0n) is 21.4. The monoisotopic (exact) mass is 582 g/mol. The summed E-state index contributed by atoms with van der Waals surface area (Å²) in [7, 11) is 0. The van der Waals surface area contributed by atoms with Crippen molar-refractivity contribution in [1.82, 2.24) is 9.36 Å². The minimum atomic E-state index is -0.565. The third kappa shape index (κ3) is 5.44. The summed E-state index contributed by atoms with van der Waals surface area (Å²) in [5.74, 6) is -0.565. The number of anilines is 2. The van der Waals surface area contributed by atoms with Crippen LogP contribution in [0, 0.1) is 0 Å². The van der Waals surface area contributed by atoms with Crippen LogP contribution in [0.4, 0.5) is 10.7 Å². The zero-order chi connectivity index (χ0) is 26.9. The highest BCUT2D eigenvalue weighted by Crippen LogP contribution is 2.40. The van der Waals surface area contributed by atoms with E-state index in [1.165, 1.54) is 22.9 Å². The predicted molar refractivity (Wildman–Crippen MR) is 160 cm³/mol. The summed E-state index contributed by atoms with van der Waals surface area (Å²) >= 11 is 4.43. The Morgan fingerprint density at radius 1 is 1.13 bits per heavy atom. The maximum atomic E-state index is 13.0. The van der Waals surface area contributed by atoms with E-state index in [1.807, 2.05) is 16.8 Å². The Morgan fingerprint density at radius 2 is 1.95 bits per heavy atom. The molecular formula is C27H30N6O3S3. The maximum absolute atomic E-state index is 13.0. The number of nitrogens with two attached hydrogens (primary N) is 2. The molecule has 1 aliphatic heterocycles. The third-order valence-electron chi connectivity index (χ3n) is 7.40. The number of thiophene rings is 1. The highest BCUT2D eigenvalue weighted by Gasteiger charge is 2.24. The molecular weight excluding hydrogens is 553 g/mol. The van der Waals surface area contributed by atoms with Crippen molar-refractivity contribution in [2.45, 2.75) is 44.2 Å². The molecule has 204 valence electrons. The molecule has 0 unspecified atom stereocenters. The molecule has 6 rings (SSSR count). The number of amides is 1. The normalized spacial score (nSPS) is 19.9. The molecule has 5 N–H and O–H groups in total. The smallest absolute Gasteiger partial charge is 0.267 e. The van der Waals surface area contributed by atoms with Gasteiger partial charge in [0.25, 0.3) is 5.91 Å². The molecule has 9 nitrogen and oxygen atoms in total. The second kappa shape index (κ2) is 11.3. The van der Waals surface area contributed by atoms with Crippen molar-refractivity contribution < 1.29 is 9.53 Å². The van der Waals surface area contributed by atoms with E-state index in [2.05, 4.69) is 15.2 Å².